The highest BCUT2D eigenvalue weighted by molar-refractivity contribution is 5.95. The summed E-state index contributed by atoms with van der Waals surface area (Å²) < 4.78 is 4.30. The number of aliphatic hydroxyl groups is 1. The average Bonchev–Trinajstić information content (AvgIpc) is 3.05. The number of hydrogen-bond acceptors (Lipinski definition) is 1. The second-order valence-corrected chi connectivity index (χ2v) is 7.05. The molecule has 1 N–H and O–H groups in total. The number of nitrogens with zero attached hydrogens (tertiary/aromatic N) is 2. The summed E-state index contributed by atoms with van der Waals surface area (Å²) in [7, 11) is 2.07. The molecule has 4 rings (SSSR count). The van der Waals surface area contributed by atoms with Crippen molar-refractivity contribution in [3.05, 3.63) is 78.1 Å². The largest absolute Gasteiger partial charge is 0.391 e. The van der Waals surface area contributed by atoms with Crippen molar-refractivity contribution in [3.8, 4) is 0 Å². The smallest absolute Gasteiger partial charge is 0.212 e. The summed E-state index contributed by atoms with van der Waals surface area (Å²) in [5.41, 5.74) is 4.75. The van der Waals surface area contributed by atoms with E-state index in [1.54, 1.807) is 0 Å². The number of aromatic nitrogens is 2. The van der Waals surface area contributed by atoms with Crippen molar-refractivity contribution >= 4 is 34.0 Å². The summed E-state index contributed by atoms with van der Waals surface area (Å²) in [4.78, 5) is 0. The fourth-order valence-corrected chi connectivity index (χ4v) is 3.63. The molecule has 0 radical (unpaired) electrons. The zero-order chi connectivity index (χ0) is 18.8. The van der Waals surface area contributed by atoms with E-state index >= 15 is 0 Å². The van der Waals surface area contributed by atoms with Crippen LogP contribution < -0.4 is 4.57 Å². The van der Waals surface area contributed by atoms with Crippen LogP contribution in [0.3, 0.4) is 0 Å². The van der Waals surface area contributed by atoms with Gasteiger partial charge in [0.15, 0.2) is 6.20 Å². The number of benzene rings is 2. The molecule has 3 heteroatoms. The molecule has 0 aliphatic heterocycles. The number of pyridine rings is 1. The van der Waals surface area contributed by atoms with Gasteiger partial charge in [0.05, 0.1) is 11.5 Å². The molecule has 0 aliphatic carbocycles. The number of aryl methyl sites for hydroxylation is 1. The molecule has 1 unspecified atom stereocenters. The normalized spacial score (nSPS) is 13.0. The quantitative estimate of drug-likeness (QED) is 0.521. The zero-order valence-electron chi connectivity index (χ0n) is 15.8. The van der Waals surface area contributed by atoms with Crippen LogP contribution in [-0.4, -0.2) is 15.8 Å². The molecule has 3 nitrogen and oxygen atoms in total. The van der Waals surface area contributed by atoms with Gasteiger partial charge in [-0.25, -0.2) is 4.57 Å². The molecule has 0 saturated heterocycles. The van der Waals surface area contributed by atoms with Crippen molar-refractivity contribution in [3.63, 3.8) is 0 Å². The molecule has 0 amide bonds. The molecule has 136 valence electrons. The van der Waals surface area contributed by atoms with Gasteiger partial charge in [-0.2, -0.15) is 0 Å². The fourth-order valence-electron chi connectivity index (χ4n) is 3.63. The lowest BCUT2D eigenvalue weighted by atomic mass is 10.1. The van der Waals surface area contributed by atoms with Crippen molar-refractivity contribution in [2.24, 2.45) is 7.05 Å². The van der Waals surface area contributed by atoms with Gasteiger partial charge in [0, 0.05) is 35.8 Å². The number of fused-ring (bicyclic) bond motifs is 2. The second-order valence-electron chi connectivity index (χ2n) is 7.05. The highest BCUT2D eigenvalue weighted by Gasteiger charge is 2.10. The SMILES string of the molecule is CCC(O)Cn1cc(/C=C/c2cc[n+](C)c3ccccc23)c2ccccc21. The van der Waals surface area contributed by atoms with Gasteiger partial charge >= 0.3 is 0 Å². The first kappa shape index (κ1) is 17.5. The Morgan fingerprint density at radius 2 is 1.67 bits per heavy atom. The lowest BCUT2D eigenvalue weighted by molar-refractivity contribution is -0.644. The molecule has 0 fully saturated rings. The van der Waals surface area contributed by atoms with E-state index in [0.717, 1.165) is 11.9 Å². The molecule has 0 aliphatic rings. The number of hydrogen-bond donors (Lipinski definition) is 1. The number of aliphatic hydroxyl groups excluding tert-OH is 1. The van der Waals surface area contributed by atoms with Crippen LogP contribution in [0.4, 0.5) is 0 Å². The molecule has 0 saturated carbocycles. The van der Waals surface area contributed by atoms with Crippen LogP contribution in [0, 0.1) is 0 Å². The zero-order valence-corrected chi connectivity index (χ0v) is 15.8. The first-order valence-electron chi connectivity index (χ1n) is 9.48. The molecular formula is C24H25N2O+. The Bertz CT molecular complexity index is 1120. The third kappa shape index (κ3) is 3.38. The Morgan fingerprint density at radius 3 is 2.48 bits per heavy atom. The predicted octanol–water partition coefficient (Wildman–Crippen LogP) is 4.56. The minimum absolute atomic E-state index is 0.323. The van der Waals surface area contributed by atoms with Gasteiger partial charge in [0.1, 0.15) is 7.05 Å². The minimum atomic E-state index is -0.323. The molecule has 2 heterocycles. The van der Waals surface area contributed by atoms with Gasteiger partial charge in [-0.3, -0.25) is 0 Å². The van der Waals surface area contributed by atoms with Gasteiger partial charge in [-0.1, -0.05) is 49.4 Å². The van der Waals surface area contributed by atoms with Crippen molar-refractivity contribution in [1.82, 2.24) is 4.57 Å². The maximum Gasteiger partial charge on any atom is 0.212 e. The highest BCUT2D eigenvalue weighted by Crippen LogP contribution is 2.25. The Labute approximate surface area is 159 Å². The van der Waals surface area contributed by atoms with E-state index in [1.807, 2.05) is 6.92 Å². The van der Waals surface area contributed by atoms with Crippen LogP contribution in [-0.2, 0) is 13.6 Å². The van der Waals surface area contributed by atoms with Crippen LogP contribution in [0.2, 0.25) is 0 Å². The molecular weight excluding hydrogens is 332 g/mol. The minimum Gasteiger partial charge on any atom is -0.391 e. The summed E-state index contributed by atoms with van der Waals surface area (Å²) in [5, 5.41) is 12.5. The van der Waals surface area contributed by atoms with Crippen LogP contribution in [0.15, 0.2) is 67.0 Å². The third-order valence-corrected chi connectivity index (χ3v) is 5.21. The highest BCUT2D eigenvalue weighted by atomic mass is 16.3. The van der Waals surface area contributed by atoms with Gasteiger partial charge in [-0.05, 0) is 29.7 Å². The topological polar surface area (TPSA) is 29.0 Å². The molecule has 27 heavy (non-hydrogen) atoms. The summed E-state index contributed by atoms with van der Waals surface area (Å²) >= 11 is 0. The van der Waals surface area contributed by atoms with E-state index < -0.39 is 0 Å². The van der Waals surface area contributed by atoms with E-state index in [1.165, 1.54) is 27.4 Å². The van der Waals surface area contributed by atoms with E-state index in [2.05, 4.69) is 95.3 Å². The Morgan fingerprint density at radius 1 is 0.963 bits per heavy atom. The van der Waals surface area contributed by atoms with Crippen molar-refractivity contribution < 1.29 is 9.67 Å². The summed E-state index contributed by atoms with van der Waals surface area (Å²) in [6.07, 6.45) is 9.04. The lowest BCUT2D eigenvalue weighted by Gasteiger charge is -2.09. The van der Waals surface area contributed by atoms with Gasteiger partial charge in [0.2, 0.25) is 5.52 Å². The van der Waals surface area contributed by atoms with Crippen LogP contribution in [0.25, 0.3) is 34.0 Å². The standard InChI is InChI=1S/C24H25N2O/c1-3-20(27)17-26-16-19(22-9-5-7-11-24(22)26)13-12-18-14-15-25(2)23-10-6-4-8-21(18)23/h4-16,20,27H,3,17H2,1-2H3/q+1. The van der Waals surface area contributed by atoms with Gasteiger partial charge < -0.3 is 9.67 Å². The van der Waals surface area contributed by atoms with E-state index in [0.29, 0.717) is 6.54 Å². The molecule has 0 bridgehead atoms. The predicted molar refractivity (Wildman–Crippen MR) is 112 cm³/mol. The molecule has 2 aromatic heterocycles. The Hall–Kier alpha value is -2.91. The monoisotopic (exact) mass is 357 g/mol. The van der Waals surface area contributed by atoms with E-state index in [9.17, 15) is 5.11 Å². The molecule has 2 aromatic carbocycles. The summed E-state index contributed by atoms with van der Waals surface area (Å²) in [6.45, 7) is 2.63. The van der Waals surface area contributed by atoms with E-state index in [4.69, 9.17) is 0 Å². The molecule has 1 atom stereocenters. The Kier molecular flexibility index (Phi) is 4.78. The summed E-state index contributed by atoms with van der Waals surface area (Å²) in [6, 6.07) is 19.0. The second kappa shape index (κ2) is 7.37. The fraction of sp³-hybridized carbons (Fsp3) is 0.208. The number of rotatable bonds is 5. The van der Waals surface area contributed by atoms with Crippen molar-refractivity contribution in [1.29, 1.82) is 0 Å². The first-order valence-corrected chi connectivity index (χ1v) is 9.48. The molecule has 0 spiro atoms. The van der Waals surface area contributed by atoms with E-state index in [-0.39, 0.29) is 6.10 Å². The maximum absolute atomic E-state index is 10.1. The van der Waals surface area contributed by atoms with Gasteiger partial charge in [-0.15, -0.1) is 0 Å². The average molecular weight is 357 g/mol. The summed E-state index contributed by atoms with van der Waals surface area (Å²) in [5.74, 6) is 0. The van der Waals surface area contributed by atoms with Crippen LogP contribution in [0.5, 0.6) is 0 Å². The van der Waals surface area contributed by atoms with Crippen LogP contribution >= 0.6 is 0 Å². The van der Waals surface area contributed by atoms with Gasteiger partial charge in [0.25, 0.3) is 0 Å². The third-order valence-electron chi connectivity index (χ3n) is 5.21. The Balaban J connectivity index is 1.77. The number of para-hydroxylation sites is 2. The van der Waals surface area contributed by atoms with Crippen molar-refractivity contribution in [2.75, 3.05) is 0 Å². The van der Waals surface area contributed by atoms with Crippen LogP contribution in [0.1, 0.15) is 24.5 Å². The first-order chi connectivity index (χ1) is 13.2. The van der Waals surface area contributed by atoms with Crippen molar-refractivity contribution in [2.45, 2.75) is 26.0 Å². The lowest BCUT2D eigenvalue weighted by Crippen LogP contribution is -2.28. The molecule has 4 aromatic rings. The maximum atomic E-state index is 10.1.